The van der Waals surface area contributed by atoms with Gasteiger partial charge in [-0.1, -0.05) is 6.07 Å². The zero-order valence-corrected chi connectivity index (χ0v) is 11.6. The molecule has 0 spiro atoms. The van der Waals surface area contributed by atoms with Crippen LogP contribution in [0.3, 0.4) is 0 Å². The van der Waals surface area contributed by atoms with Gasteiger partial charge in [-0.15, -0.1) is 0 Å². The normalized spacial score (nSPS) is 27.8. The summed E-state index contributed by atoms with van der Waals surface area (Å²) in [6.45, 7) is 4.59. The first-order valence-electron chi connectivity index (χ1n) is 7.21. The van der Waals surface area contributed by atoms with Crippen molar-refractivity contribution < 1.29 is 9.53 Å². The Morgan fingerprint density at radius 3 is 2.74 bits per heavy atom. The minimum absolute atomic E-state index is 0.164. The van der Waals surface area contributed by atoms with Crippen LogP contribution < -0.4 is 10.1 Å². The average molecular weight is 259 g/mol. The molecule has 19 heavy (non-hydrogen) atoms. The summed E-state index contributed by atoms with van der Waals surface area (Å²) in [6, 6.07) is 5.92. The maximum atomic E-state index is 12.3. The third kappa shape index (κ3) is 2.60. The summed E-state index contributed by atoms with van der Waals surface area (Å²) in [5.74, 6) is 2.82. The predicted molar refractivity (Wildman–Crippen MR) is 75.3 cm³/mol. The summed E-state index contributed by atoms with van der Waals surface area (Å²) < 4.78 is 5.60. The van der Waals surface area contributed by atoms with E-state index < -0.39 is 0 Å². The molecule has 3 nitrogen and oxygen atoms in total. The van der Waals surface area contributed by atoms with Crippen molar-refractivity contribution >= 4 is 11.6 Å². The van der Waals surface area contributed by atoms with Crippen molar-refractivity contribution in [3.63, 3.8) is 0 Å². The molecule has 1 amide bonds. The lowest BCUT2D eigenvalue weighted by Crippen LogP contribution is -2.22. The van der Waals surface area contributed by atoms with Gasteiger partial charge in [0.2, 0.25) is 5.91 Å². The van der Waals surface area contributed by atoms with Gasteiger partial charge < -0.3 is 10.1 Å². The highest BCUT2D eigenvalue weighted by molar-refractivity contribution is 5.94. The minimum atomic E-state index is 0.164. The van der Waals surface area contributed by atoms with E-state index in [9.17, 15) is 4.79 Å². The lowest BCUT2D eigenvalue weighted by Gasteiger charge is -2.15. The number of hydrogen-bond acceptors (Lipinski definition) is 2. The summed E-state index contributed by atoms with van der Waals surface area (Å²) in [5.41, 5.74) is 1.95. The number of carbonyl (C=O) groups excluding carboxylic acids is 1. The third-order valence-corrected chi connectivity index (χ3v) is 4.31. The smallest absolute Gasteiger partial charge is 0.227 e. The SMILES string of the molecule is CCOc1cc(C)ccc1NC(=O)C1CC2CC2C1. The first-order chi connectivity index (χ1) is 9.17. The lowest BCUT2D eigenvalue weighted by atomic mass is 10.0. The van der Waals surface area contributed by atoms with Gasteiger partial charge in [0.25, 0.3) is 0 Å². The molecular weight excluding hydrogens is 238 g/mol. The molecule has 2 aliphatic carbocycles. The Morgan fingerprint density at radius 2 is 2.05 bits per heavy atom. The number of carbonyl (C=O) groups is 1. The molecule has 0 aromatic heterocycles. The molecule has 2 aliphatic rings. The van der Waals surface area contributed by atoms with Crippen LogP contribution >= 0.6 is 0 Å². The second-order valence-corrected chi connectivity index (χ2v) is 5.85. The van der Waals surface area contributed by atoms with Gasteiger partial charge in [-0.05, 0) is 62.6 Å². The Balaban J connectivity index is 1.69. The van der Waals surface area contributed by atoms with E-state index >= 15 is 0 Å². The molecule has 1 N–H and O–H groups in total. The molecule has 3 rings (SSSR count). The van der Waals surface area contributed by atoms with Crippen molar-refractivity contribution in [2.45, 2.75) is 33.1 Å². The fourth-order valence-electron chi connectivity index (χ4n) is 3.17. The van der Waals surface area contributed by atoms with E-state index in [4.69, 9.17) is 4.74 Å². The van der Waals surface area contributed by atoms with E-state index in [-0.39, 0.29) is 11.8 Å². The second kappa shape index (κ2) is 4.87. The Labute approximate surface area is 114 Å². The fraction of sp³-hybridized carbons (Fsp3) is 0.562. The van der Waals surface area contributed by atoms with Crippen LogP contribution in [0.15, 0.2) is 18.2 Å². The number of rotatable bonds is 4. The number of amides is 1. The summed E-state index contributed by atoms with van der Waals surface area (Å²) >= 11 is 0. The number of aryl methyl sites for hydroxylation is 1. The van der Waals surface area contributed by atoms with Gasteiger partial charge in [0, 0.05) is 5.92 Å². The first kappa shape index (κ1) is 12.5. The standard InChI is InChI=1S/C16H21NO2/c1-3-19-15-6-10(2)4-5-14(15)17-16(18)13-8-11-7-12(11)9-13/h4-6,11-13H,3,7-9H2,1-2H3,(H,17,18). The zero-order valence-electron chi connectivity index (χ0n) is 11.6. The van der Waals surface area contributed by atoms with Crippen LogP contribution in [0.4, 0.5) is 5.69 Å². The molecule has 0 heterocycles. The maximum Gasteiger partial charge on any atom is 0.227 e. The van der Waals surface area contributed by atoms with Crippen LogP contribution in [0.25, 0.3) is 0 Å². The van der Waals surface area contributed by atoms with Crippen LogP contribution in [-0.2, 0) is 4.79 Å². The molecule has 2 fully saturated rings. The molecule has 0 bridgehead atoms. The Hall–Kier alpha value is -1.51. The molecule has 102 valence electrons. The Bertz CT molecular complexity index is 488. The van der Waals surface area contributed by atoms with E-state index in [2.05, 4.69) is 5.32 Å². The van der Waals surface area contributed by atoms with Gasteiger partial charge in [-0.3, -0.25) is 4.79 Å². The van der Waals surface area contributed by atoms with Crippen molar-refractivity contribution in [1.82, 2.24) is 0 Å². The van der Waals surface area contributed by atoms with Crippen molar-refractivity contribution in [3.8, 4) is 5.75 Å². The Kier molecular flexibility index (Phi) is 3.21. The number of hydrogen-bond donors (Lipinski definition) is 1. The summed E-state index contributed by atoms with van der Waals surface area (Å²) in [7, 11) is 0. The van der Waals surface area contributed by atoms with Crippen LogP contribution in [0.2, 0.25) is 0 Å². The maximum absolute atomic E-state index is 12.3. The first-order valence-corrected chi connectivity index (χ1v) is 7.21. The summed E-state index contributed by atoms with van der Waals surface area (Å²) in [6.07, 6.45) is 3.50. The van der Waals surface area contributed by atoms with E-state index in [1.807, 2.05) is 32.0 Å². The van der Waals surface area contributed by atoms with Crippen LogP contribution in [0.5, 0.6) is 5.75 Å². The van der Waals surface area contributed by atoms with Crippen LogP contribution in [0.1, 0.15) is 31.7 Å². The molecule has 0 aliphatic heterocycles. The quantitative estimate of drug-likeness (QED) is 0.900. The number of nitrogens with one attached hydrogen (secondary N) is 1. The molecule has 0 radical (unpaired) electrons. The molecular formula is C16H21NO2. The third-order valence-electron chi connectivity index (χ3n) is 4.31. The van der Waals surface area contributed by atoms with Crippen molar-refractivity contribution in [3.05, 3.63) is 23.8 Å². The largest absolute Gasteiger partial charge is 0.492 e. The van der Waals surface area contributed by atoms with Gasteiger partial charge in [-0.25, -0.2) is 0 Å². The van der Waals surface area contributed by atoms with E-state index in [0.717, 1.165) is 41.7 Å². The highest BCUT2D eigenvalue weighted by Gasteiger charge is 2.48. The molecule has 2 unspecified atom stereocenters. The van der Waals surface area contributed by atoms with Crippen LogP contribution in [-0.4, -0.2) is 12.5 Å². The highest BCUT2D eigenvalue weighted by atomic mass is 16.5. The molecule has 2 atom stereocenters. The zero-order chi connectivity index (χ0) is 13.4. The predicted octanol–water partition coefficient (Wildman–Crippen LogP) is 3.38. The number of benzene rings is 1. The van der Waals surface area contributed by atoms with E-state index in [1.165, 1.54) is 6.42 Å². The molecule has 0 saturated heterocycles. The number of ether oxygens (including phenoxy) is 1. The number of fused-ring (bicyclic) bond motifs is 1. The topological polar surface area (TPSA) is 38.3 Å². The monoisotopic (exact) mass is 259 g/mol. The van der Waals surface area contributed by atoms with Gasteiger partial charge in [0.1, 0.15) is 5.75 Å². The van der Waals surface area contributed by atoms with Crippen molar-refractivity contribution in [2.24, 2.45) is 17.8 Å². The average Bonchev–Trinajstić information content (AvgIpc) is 2.99. The van der Waals surface area contributed by atoms with Gasteiger partial charge in [-0.2, -0.15) is 0 Å². The summed E-state index contributed by atoms with van der Waals surface area (Å²) in [4.78, 5) is 12.3. The van der Waals surface area contributed by atoms with Gasteiger partial charge in [0.05, 0.1) is 12.3 Å². The number of anilines is 1. The minimum Gasteiger partial charge on any atom is -0.492 e. The van der Waals surface area contributed by atoms with Crippen molar-refractivity contribution in [1.29, 1.82) is 0 Å². The van der Waals surface area contributed by atoms with Crippen molar-refractivity contribution in [2.75, 3.05) is 11.9 Å². The molecule has 2 saturated carbocycles. The Morgan fingerprint density at radius 1 is 1.32 bits per heavy atom. The van der Waals surface area contributed by atoms with Crippen LogP contribution in [0, 0.1) is 24.7 Å². The van der Waals surface area contributed by atoms with E-state index in [1.54, 1.807) is 0 Å². The summed E-state index contributed by atoms with van der Waals surface area (Å²) in [5, 5.41) is 3.04. The highest BCUT2D eigenvalue weighted by Crippen LogP contribution is 2.54. The van der Waals surface area contributed by atoms with Gasteiger partial charge >= 0.3 is 0 Å². The van der Waals surface area contributed by atoms with E-state index in [0.29, 0.717) is 6.61 Å². The molecule has 3 heteroatoms. The second-order valence-electron chi connectivity index (χ2n) is 5.85. The fourth-order valence-corrected chi connectivity index (χ4v) is 3.17. The lowest BCUT2D eigenvalue weighted by molar-refractivity contribution is -0.120. The molecule has 1 aromatic rings. The molecule has 1 aromatic carbocycles. The van der Waals surface area contributed by atoms with Gasteiger partial charge in [0.15, 0.2) is 0 Å².